The van der Waals surface area contributed by atoms with E-state index in [0.29, 0.717) is 28.0 Å². The number of aromatic nitrogens is 3. The van der Waals surface area contributed by atoms with Gasteiger partial charge in [0.25, 0.3) is 10.0 Å². The number of nitrogens with one attached hydrogen (secondary N) is 2. The molecule has 2 aromatic carbocycles. The molecule has 0 aliphatic rings. The minimum Gasteiger partial charge on any atom is -0.479 e. The van der Waals surface area contributed by atoms with E-state index in [4.69, 9.17) is 4.74 Å². The third kappa shape index (κ3) is 3.98. The number of methoxy groups -OCH3 is 1. The van der Waals surface area contributed by atoms with Gasteiger partial charge in [0.2, 0.25) is 5.88 Å². The van der Waals surface area contributed by atoms with Gasteiger partial charge in [0.05, 0.1) is 28.6 Å². The number of aromatic amines is 1. The van der Waals surface area contributed by atoms with Crippen LogP contribution in [0.4, 0.5) is 14.5 Å². The first-order chi connectivity index (χ1) is 15.3. The number of benzene rings is 2. The van der Waals surface area contributed by atoms with E-state index < -0.39 is 32.9 Å². The van der Waals surface area contributed by atoms with Crippen molar-refractivity contribution < 1.29 is 21.9 Å². The monoisotopic (exact) mass is 454 g/mol. The molecule has 2 N–H and O–H groups in total. The average Bonchev–Trinajstić information content (AvgIpc) is 3.18. The van der Waals surface area contributed by atoms with Crippen LogP contribution in [0, 0.1) is 30.4 Å². The van der Waals surface area contributed by atoms with Crippen LogP contribution in [-0.4, -0.2) is 30.7 Å². The van der Waals surface area contributed by atoms with Gasteiger partial charge in [-0.05, 0) is 36.8 Å². The van der Waals surface area contributed by atoms with Crippen molar-refractivity contribution in [2.75, 3.05) is 11.8 Å². The number of halogens is 2. The molecule has 0 aliphatic carbocycles. The van der Waals surface area contributed by atoms with Gasteiger partial charge in [0.1, 0.15) is 5.82 Å². The van der Waals surface area contributed by atoms with Crippen molar-refractivity contribution in [3.05, 3.63) is 77.0 Å². The summed E-state index contributed by atoms with van der Waals surface area (Å²) in [4.78, 5) is 4.13. The number of rotatable bonds is 4. The fourth-order valence-corrected chi connectivity index (χ4v) is 4.35. The number of hydrogen-bond donors (Lipinski definition) is 2. The molecule has 0 aliphatic heterocycles. The van der Waals surface area contributed by atoms with Crippen LogP contribution in [0.2, 0.25) is 0 Å². The minimum atomic E-state index is -4.08. The lowest BCUT2D eigenvalue weighted by Gasteiger charge is -2.12. The normalized spacial score (nSPS) is 11.1. The highest BCUT2D eigenvalue weighted by molar-refractivity contribution is 7.92. The number of sulfonamides is 1. The number of hydrogen-bond acceptors (Lipinski definition) is 5. The summed E-state index contributed by atoms with van der Waals surface area (Å²) in [6.45, 7) is 1.62. The number of fused-ring (bicyclic) bond motifs is 1. The Morgan fingerprint density at radius 1 is 1.12 bits per heavy atom. The first-order valence-electron chi connectivity index (χ1n) is 9.26. The molecule has 0 atom stereocenters. The van der Waals surface area contributed by atoms with Crippen LogP contribution in [0.25, 0.3) is 11.0 Å². The SMILES string of the molecule is COc1n[nH]c2ncc(C#Cc3c(F)ccc(NS(=O)(=O)c4ccccc4C)c3F)cc12. The van der Waals surface area contributed by atoms with Crippen molar-refractivity contribution in [2.45, 2.75) is 11.8 Å². The zero-order chi connectivity index (χ0) is 22.9. The number of ether oxygens (including phenoxy) is 1. The van der Waals surface area contributed by atoms with Crippen molar-refractivity contribution in [3.63, 3.8) is 0 Å². The van der Waals surface area contributed by atoms with Crippen molar-refractivity contribution in [2.24, 2.45) is 0 Å². The largest absolute Gasteiger partial charge is 0.479 e. The number of H-pyrrole nitrogens is 1. The van der Waals surface area contributed by atoms with Gasteiger partial charge in [0.15, 0.2) is 11.5 Å². The lowest BCUT2D eigenvalue weighted by Crippen LogP contribution is -2.15. The van der Waals surface area contributed by atoms with Gasteiger partial charge in [-0.1, -0.05) is 30.0 Å². The van der Waals surface area contributed by atoms with E-state index in [2.05, 4.69) is 31.7 Å². The van der Waals surface area contributed by atoms with Crippen LogP contribution >= 0.6 is 0 Å². The Morgan fingerprint density at radius 3 is 2.66 bits per heavy atom. The molecule has 0 unspecified atom stereocenters. The van der Waals surface area contributed by atoms with E-state index in [0.717, 1.165) is 12.1 Å². The Kier molecular flexibility index (Phi) is 5.50. The second kappa shape index (κ2) is 8.28. The Morgan fingerprint density at radius 2 is 1.91 bits per heavy atom. The maximum atomic E-state index is 15.0. The van der Waals surface area contributed by atoms with Crippen LogP contribution < -0.4 is 9.46 Å². The van der Waals surface area contributed by atoms with Gasteiger partial charge in [-0.15, -0.1) is 5.10 Å². The highest BCUT2D eigenvalue weighted by atomic mass is 32.2. The number of pyridine rings is 1. The third-order valence-corrected chi connectivity index (χ3v) is 6.15. The van der Waals surface area contributed by atoms with Gasteiger partial charge in [-0.3, -0.25) is 9.82 Å². The zero-order valence-corrected chi connectivity index (χ0v) is 17.7. The summed E-state index contributed by atoms with van der Waals surface area (Å²) in [5.74, 6) is 3.32. The Balaban J connectivity index is 1.70. The second-order valence-electron chi connectivity index (χ2n) is 6.76. The zero-order valence-electron chi connectivity index (χ0n) is 16.9. The van der Waals surface area contributed by atoms with Gasteiger partial charge < -0.3 is 4.74 Å². The molecule has 0 bridgehead atoms. The Bertz CT molecular complexity index is 1500. The molecule has 10 heteroatoms. The second-order valence-corrected chi connectivity index (χ2v) is 8.41. The summed E-state index contributed by atoms with van der Waals surface area (Å²) in [6, 6.07) is 9.82. The topological polar surface area (TPSA) is 97.0 Å². The van der Waals surface area contributed by atoms with Crippen molar-refractivity contribution in [3.8, 4) is 17.7 Å². The first kappa shape index (κ1) is 21.3. The highest BCUT2D eigenvalue weighted by Gasteiger charge is 2.20. The third-order valence-electron chi connectivity index (χ3n) is 4.63. The summed E-state index contributed by atoms with van der Waals surface area (Å²) in [5.41, 5.74) is 0.331. The molecule has 2 aromatic heterocycles. The van der Waals surface area contributed by atoms with E-state index in [1.807, 2.05) is 0 Å². The molecule has 0 spiro atoms. The van der Waals surface area contributed by atoms with Gasteiger partial charge in [-0.25, -0.2) is 22.2 Å². The molecule has 32 heavy (non-hydrogen) atoms. The Hall–Kier alpha value is -3.97. The molecule has 4 rings (SSSR count). The highest BCUT2D eigenvalue weighted by Crippen LogP contribution is 2.25. The minimum absolute atomic E-state index is 0.00945. The van der Waals surface area contributed by atoms with E-state index in [1.54, 1.807) is 31.2 Å². The summed E-state index contributed by atoms with van der Waals surface area (Å²) >= 11 is 0. The summed E-state index contributed by atoms with van der Waals surface area (Å²) < 4.78 is 61.9. The smallest absolute Gasteiger partial charge is 0.262 e. The van der Waals surface area contributed by atoms with E-state index >= 15 is 0 Å². The fourth-order valence-electron chi connectivity index (χ4n) is 3.04. The predicted molar refractivity (Wildman–Crippen MR) is 115 cm³/mol. The maximum absolute atomic E-state index is 15.0. The van der Waals surface area contributed by atoms with Crippen molar-refractivity contribution in [1.82, 2.24) is 15.2 Å². The van der Waals surface area contributed by atoms with Crippen LogP contribution in [0.1, 0.15) is 16.7 Å². The lowest BCUT2D eigenvalue weighted by molar-refractivity contribution is 0.401. The molecule has 2 heterocycles. The van der Waals surface area contributed by atoms with Gasteiger partial charge in [-0.2, -0.15) is 0 Å². The van der Waals surface area contributed by atoms with Crippen molar-refractivity contribution in [1.29, 1.82) is 0 Å². The summed E-state index contributed by atoms with van der Waals surface area (Å²) in [7, 11) is -2.64. The van der Waals surface area contributed by atoms with Crippen molar-refractivity contribution >= 4 is 26.7 Å². The van der Waals surface area contributed by atoms with Crippen LogP contribution in [-0.2, 0) is 10.0 Å². The molecule has 0 radical (unpaired) electrons. The lowest BCUT2D eigenvalue weighted by atomic mass is 10.1. The summed E-state index contributed by atoms with van der Waals surface area (Å²) in [5, 5.41) is 7.18. The Labute approximate surface area is 182 Å². The molecule has 4 aromatic rings. The van der Waals surface area contributed by atoms with Crippen LogP contribution in [0.5, 0.6) is 5.88 Å². The molecule has 0 amide bonds. The van der Waals surface area contributed by atoms with Gasteiger partial charge in [0, 0.05) is 11.8 Å². The molecule has 7 nitrogen and oxygen atoms in total. The number of anilines is 1. The van der Waals surface area contributed by atoms with Gasteiger partial charge >= 0.3 is 0 Å². The maximum Gasteiger partial charge on any atom is 0.262 e. The predicted octanol–water partition coefficient (Wildman–Crippen LogP) is 3.75. The molecule has 162 valence electrons. The molecular weight excluding hydrogens is 438 g/mol. The number of aryl methyl sites for hydroxylation is 1. The molecule has 0 saturated carbocycles. The van der Waals surface area contributed by atoms with E-state index in [9.17, 15) is 17.2 Å². The quantitative estimate of drug-likeness (QED) is 0.458. The average molecular weight is 454 g/mol. The standard InChI is InChI=1S/C22H16F2N4O3S/c1-13-5-3-4-6-19(13)32(29,30)28-18-10-9-17(23)15(20(18)24)8-7-14-11-16-21(25-12-14)26-27-22(16)31-2/h3-6,9-12,28H,1-2H3,(H,25,26,27). The molecule has 0 fully saturated rings. The van der Waals surface area contributed by atoms with Crippen LogP contribution in [0.3, 0.4) is 0 Å². The summed E-state index contributed by atoms with van der Waals surface area (Å²) in [6.07, 6.45) is 1.41. The van der Waals surface area contributed by atoms with Crippen LogP contribution in [0.15, 0.2) is 53.6 Å². The van der Waals surface area contributed by atoms with E-state index in [-0.39, 0.29) is 4.90 Å². The van der Waals surface area contributed by atoms with E-state index in [1.165, 1.54) is 19.4 Å². The molecule has 0 saturated heterocycles. The molecular formula is C22H16F2N4O3S. The number of nitrogens with zero attached hydrogens (tertiary/aromatic N) is 2. The first-order valence-corrected chi connectivity index (χ1v) is 10.7. The fraction of sp³-hybridized carbons (Fsp3) is 0.0909.